The van der Waals surface area contributed by atoms with Gasteiger partial charge in [-0.1, -0.05) is 18.2 Å². The Bertz CT molecular complexity index is 620. The Labute approximate surface area is 143 Å². The van der Waals surface area contributed by atoms with E-state index in [1.54, 1.807) is 0 Å². The quantitative estimate of drug-likeness (QED) is 0.724. The van der Waals surface area contributed by atoms with Crippen molar-refractivity contribution >= 4 is 11.5 Å². The van der Waals surface area contributed by atoms with Gasteiger partial charge < -0.3 is 22.3 Å². The second kappa shape index (κ2) is 8.69. The van der Waals surface area contributed by atoms with E-state index in [0.717, 1.165) is 17.8 Å². The molecule has 3 nitrogen and oxygen atoms in total. The molecule has 0 aliphatic heterocycles. The van der Waals surface area contributed by atoms with Crippen LogP contribution in [-0.2, 0) is 17.8 Å². The minimum atomic E-state index is 0. The van der Waals surface area contributed by atoms with Crippen LogP contribution in [0.2, 0.25) is 0 Å². The summed E-state index contributed by atoms with van der Waals surface area (Å²) in [7, 11) is 0. The van der Waals surface area contributed by atoms with Gasteiger partial charge in [0.15, 0.2) is 12.4 Å². The average Bonchev–Trinajstić information content (AvgIpc) is 2.44. The molecule has 1 aromatic heterocycles. The lowest BCUT2D eigenvalue weighted by molar-refractivity contribution is -0.683. The molecule has 1 aromatic carbocycles. The Hall–Kier alpha value is -1.68. The van der Waals surface area contributed by atoms with E-state index in [9.17, 15) is 4.79 Å². The standard InChI is InChI=1S/C18H23N2O.BrH/c1-4-19-16-9-6-10-20(12-16)13-17(21)11-18-14(2)7-5-8-15(18)3;/h5-10,12,19H,4,11,13H2,1-3H3;1H/q+1;/p-1. The first-order chi connectivity index (χ1) is 10.1. The van der Waals surface area contributed by atoms with Gasteiger partial charge in [-0.3, -0.25) is 4.79 Å². The van der Waals surface area contributed by atoms with E-state index in [1.165, 1.54) is 11.1 Å². The number of nitrogens with zero attached hydrogens (tertiary/aromatic N) is 1. The van der Waals surface area contributed by atoms with E-state index >= 15 is 0 Å². The van der Waals surface area contributed by atoms with Crippen molar-refractivity contribution in [2.45, 2.75) is 33.7 Å². The van der Waals surface area contributed by atoms with Crippen LogP contribution in [0.15, 0.2) is 42.7 Å². The number of hydrogen-bond donors (Lipinski definition) is 1. The van der Waals surface area contributed by atoms with E-state index in [0.29, 0.717) is 13.0 Å². The van der Waals surface area contributed by atoms with Crippen LogP contribution in [0.4, 0.5) is 5.69 Å². The highest BCUT2D eigenvalue weighted by molar-refractivity contribution is 5.80. The molecule has 0 fully saturated rings. The smallest absolute Gasteiger partial charge is 0.206 e. The fraction of sp³-hybridized carbons (Fsp3) is 0.333. The first-order valence-electron chi connectivity index (χ1n) is 7.40. The zero-order valence-corrected chi connectivity index (χ0v) is 15.0. The minimum absolute atomic E-state index is 0. The monoisotopic (exact) mass is 362 g/mol. The van der Waals surface area contributed by atoms with Crippen molar-refractivity contribution in [3.8, 4) is 0 Å². The number of aromatic nitrogens is 1. The molecule has 2 rings (SSSR count). The molecule has 0 aliphatic carbocycles. The number of Topliss-reactive ketones (excluding diaryl/α,β-unsaturated/α-hetero) is 1. The van der Waals surface area contributed by atoms with Crippen molar-refractivity contribution in [2.24, 2.45) is 0 Å². The Balaban J connectivity index is 0.00000242. The van der Waals surface area contributed by atoms with Gasteiger partial charge in [-0.2, -0.15) is 4.57 Å². The summed E-state index contributed by atoms with van der Waals surface area (Å²) in [4.78, 5) is 12.3. The lowest BCUT2D eigenvalue weighted by Crippen LogP contribution is -3.00. The van der Waals surface area contributed by atoms with Crippen molar-refractivity contribution in [2.75, 3.05) is 11.9 Å². The number of pyridine rings is 1. The van der Waals surface area contributed by atoms with Crippen LogP contribution in [0.1, 0.15) is 23.6 Å². The Morgan fingerprint density at radius 3 is 2.45 bits per heavy atom. The van der Waals surface area contributed by atoms with Crippen molar-refractivity contribution in [3.63, 3.8) is 0 Å². The van der Waals surface area contributed by atoms with Gasteiger partial charge in [0.25, 0.3) is 0 Å². The predicted molar refractivity (Wildman–Crippen MR) is 85.4 cm³/mol. The molecule has 1 N–H and O–H groups in total. The summed E-state index contributed by atoms with van der Waals surface area (Å²) in [5.74, 6) is 0.228. The van der Waals surface area contributed by atoms with Gasteiger partial charge in [0.05, 0.1) is 5.69 Å². The molecular formula is C18H23BrN2O. The Morgan fingerprint density at radius 2 is 1.82 bits per heavy atom. The number of aryl methyl sites for hydroxylation is 2. The number of nitrogens with one attached hydrogen (secondary N) is 1. The van der Waals surface area contributed by atoms with Crippen LogP contribution >= 0.6 is 0 Å². The maximum absolute atomic E-state index is 12.3. The predicted octanol–water partition coefficient (Wildman–Crippen LogP) is -0.161. The van der Waals surface area contributed by atoms with Gasteiger partial charge >= 0.3 is 0 Å². The van der Waals surface area contributed by atoms with E-state index in [4.69, 9.17) is 0 Å². The SMILES string of the molecule is CCNc1ccc[n+](CC(=O)Cc2c(C)cccc2C)c1.[Br-]. The highest BCUT2D eigenvalue weighted by Gasteiger charge is 2.13. The second-order valence-electron chi connectivity index (χ2n) is 5.38. The minimum Gasteiger partial charge on any atom is -1.00 e. The van der Waals surface area contributed by atoms with Crippen molar-refractivity contribution in [3.05, 3.63) is 59.4 Å². The van der Waals surface area contributed by atoms with Gasteiger partial charge in [-0.05, 0) is 43.5 Å². The third-order valence-electron chi connectivity index (χ3n) is 3.62. The van der Waals surface area contributed by atoms with Crippen LogP contribution in [0.25, 0.3) is 0 Å². The van der Waals surface area contributed by atoms with Gasteiger partial charge in [-0.25, -0.2) is 0 Å². The van der Waals surface area contributed by atoms with Gasteiger partial charge in [0.2, 0.25) is 12.3 Å². The molecular weight excluding hydrogens is 340 g/mol. The first kappa shape index (κ1) is 18.4. The fourth-order valence-corrected chi connectivity index (χ4v) is 2.51. The lowest BCUT2D eigenvalue weighted by atomic mass is 9.98. The van der Waals surface area contributed by atoms with E-state index in [2.05, 4.69) is 38.2 Å². The van der Waals surface area contributed by atoms with Crippen molar-refractivity contribution in [1.82, 2.24) is 0 Å². The van der Waals surface area contributed by atoms with Gasteiger partial charge in [-0.15, -0.1) is 0 Å². The van der Waals surface area contributed by atoms with Crippen LogP contribution in [0, 0.1) is 13.8 Å². The summed E-state index contributed by atoms with van der Waals surface area (Å²) in [6.07, 6.45) is 4.41. The first-order valence-corrected chi connectivity index (χ1v) is 7.40. The number of hydrogen-bond acceptors (Lipinski definition) is 2. The van der Waals surface area contributed by atoms with E-state index in [-0.39, 0.29) is 22.8 Å². The molecule has 0 saturated carbocycles. The molecule has 0 radical (unpaired) electrons. The number of carbonyl (C=O) groups excluding carboxylic acids is 1. The van der Waals surface area contributed by atoms with Crippen molar-refractivity contribution < 1.29 is 26.3 Å². The molecule has 2 aromatic rings. The molecule has 22 heavy (non-hydrogen) atoms. The average molecular weight is 363 g/mol. The summed E-state index contributed by atoms with van der Waals surface area (Å²) in [5, 5.41) is 3.26. The fourth-order valence-electron chi connectivity index (χ4n) is 2.51. The summed E-state index contributed by atoms with van der Waals surface area (Å²) in [6, 6.07) is 10.1. The molecule has 0 bridgehead atoms. The van der Waals surface area contributed by atoms with Crippen LogP contribution in [-0.4, -0.2) is 12.3 Å². The van der Waals surface area contributed by atoms with Crippen molar-refractivity contribution in [1.29, 1.82) is 0 Å². The molecule has 0 saturated heterocycles. The highest BCUT2D eigenvalue weighted by atomic mass is 79.9. The highest BCUT2D eigenvalue weighted by Crippen LogP contribution is 2.14. The second-order valence-corrected chi connectivity index (χ2v) is 5.38. The molecule has 1 heterocycles. The Kier molecular flexibility index (Phi) is 7.25. The van der Waals surface area contributed by atoms with E-state index in [1.807, 2.05) is 35.2 Å². The lowest BCUT2D eigenvalue weighted by Gasteiger charge is -2.08. The maximum Gasteiger partial charge on any atom is 0.206 e. The zero-order chi connectivity index (χ0) is 15.2. The summed E-state index contributed by atoms with van der Waals surface area (Å²) < 4.78 is 1.94. The van der Waals surface area contributed by atoms with E-state index < -0.39 is 0 Å². The van der Waals surface area contributed by atoms with Crippen LogP contribution < -0.4 is 26.9 Å². The molecule has 0 aliphatic rings. The molecule has 0 atom stereocenters. The van der Waals surface area contributed by atoms with Crippen LogP contribution in [0.3, 0.4) is 0 Å². The van der Waals surface area contributed by atoms with Gasteiger partial charge in [0.1, 0.15) is 0 Å². The molecule has 0 spiro atoms. The molecule has 0 unspecified atom stereocenters. The summed E-state index contributed by atoms with van der Waals surface area (Å²) in [6.45, 7) is 7.47. The topological polar surface area (TPSA) is 33.0 Å². The number of ketones is 1. The maximum atomic E-state index is 12.3. The molecule has 4 heteroatoms. The third-order valence-corrected chi connectivity index (χ3v) is 3.62. The van der Waals surface area contributed by atoms with Gasteiger partial charge in [0, 0.05) is 19.0 Å². The Morgan fingerprint density at radius 1 is 1.14 bits per heavy atom. The summed E-state index contributed by atoms with van der Waals surface area (Å²) in [5.41, 5.74) is 4.58. The van der Waals surface area contributed by atoms with Crippen LogP contribution in [0.5, 0.6) is 0 Å². The normalized spacial score (nSPS) is 9.95. The third kappa shape index (κ3) is 4.95. The molecule has 0 amide bonds. The number of halogens is 1. The summed E-state index contributed by atoms with van der Waals surface area (Å²) >= 11 is 0. The number of anilines is 1. The number of benzene rings is 1. The largest absolute Gasteiger partial charge is 1.00 e. The number of rotatable bonds is 6. The molecule has 118 valence electrons. The zero-order valence-electron chi connectivity index (χ0n) is 13.4. The number of carbonyl (C=O) groups is 1.